The van der Waals surface area contributed by atoms with Gasteiger partial charge < -0.3 is 39.0 Å². The van der Waals surface area contributed by atoms with Crippen molar-refractivity contribution in [3.8, 4) is 0 Å². The molecular formula is C61H98O12. The van der Waals surface area contributed by atoms with E-state index in [1.807, 2.05) is 12.2 Å². The fourth-order valence-corrected chi connectivity index (χ4v) is 7.80. The van der Waals surface area contributed by atoms with Gasteiger partial charge in [-0.05, 0) is 103 Å². The Morgan fingerprint density at radius 3 is 1.42 bits per heavy atom. The van der Waals surface area contributed by atoms with E-state index in [9.17, 15) is 34.5 Å². The molecule has 1 aliphatic heterocycles. The Morgan fingerprint density at radius 2 is 0.918 bits per heavy atom. The molecular weight excluding hydrogens is 925 g/mol. The van der Waals surface area contributed by atoms with Gasteiger partial charge in [-0.15, -0.1) is 0 Å². The van der Waals surface area contributed by atoms with E-state index in [-0.39, 0.29) is 25.9 Å². The molecule has 1 saturated heterocycles. The number of carboxylic acids is 1. The number of aliphatic hydroxyl groups excluding tert-OH is 2. The predicted octanol–water partition coefficient (Wildman–Crippen LogP) is 14.1. The van der Waals surface area contributed by atoms with Crippen LogP contribution in [-0.2, 0) is 42.9 Å². The van der Waals surface area contributed by atoms with Crippen LogP contribution in [0.3, 0.4) is 0 Å². The van der Waals surface area contributed by atoms with Gasteiger partial charge in [0.15, 0.2) is 24.6 Å². The van der Waals surface area contributed by atoms with E-state index in [1.165, 1.54) is 19.3 Å². The van der Waals surface area contributed by atoms with Gasteiger partial charge in [0.1, 0.15) is 18.8 Å². The van der Waals surface area contributed by atoms with Crippen LogP contribution in [0, 0.1) is 0 Å². The van der Waals surface area contributed by atoms with Crippen LogP contribution >= 0.6 is 0 Å². The molecule has 0 aromatic carbocycles. The van der Waals surface area contributed by atoms with E-state index in [0.29, 0.717) is 19.3 Å². The standard InChI is InChI=1S/C61H98O12/c1-4-7-10-13-16-19-22-25-26-27-28-31-34-37-40-43-46-49-55(64)72-59-57(66)56(65)58(60(67)68)73-61(59)70-51-52(71-54(63)48-45-42-39-36-33-30-24-21-18-15-12-9-6-3)50-69-53(62)47-44-41-38-35-32-29-23-20-17-14-11-8-5-2/h8,11-12,15-17,19-21,24-26,29,32,38,41,52,56-59,61,65-66H,4-7,9-10,13-14,18,22-23,27-28,30-31,33-37,39-40,42-51H2,1-3H3,(H,67,68)/b11-8-,15-12-,19-16-,20-17-,24-21-,26-25-,32-29-,41-38-. The number of hydrogen-bond donors (Lipinski definition) is 3. The van der Waals surface area contributed by atoms with Gasteiger partial charge in [-0.2, -0.15) is 0 Å². The maximum Gasteiger partial charge on any atom is 0.335 e. The first kappa shape index (κ1) is 66.7. The molecule has 1 fully saturated rings. The van der Waals surface area contributed by atoms with Crippen LogP contribution in [0.2, 0.25) is 0 Å². The lowest BCUT2D eigenvalue weighted by molar-refractivity contribution is -0.301. The molecule has 1 aliphatic rings. The average Bonchev–Trinajstić information content (AvgIpc) is 3.37. The van der Waals surface area contributed by atoms with Gasteiger partial charge in [0.25, 0.3) is 0 Å². The molecule has 0 aromatic rings. The number of carboxylic acid groups (broad SMARTS) is 1. The lowest BCUT2D eigenvalue weighted by Crippen LogP contribution is -2.61. The Kier molecular flexibility index (Phi) is 44.4. The smallest absolute Gasteiger partial charge is 0.335 e. The highest BCUT2D eigenvalue weighted by Crippen LogP contribution is 2.26. The monoisotopic (exact) mass is 1020 g/mol. The molecule has 0 saturated carbocycles. The van der Waals surface area contributed by atoms with Crippen molar-refractivity contribution in [2.45, 2.75) is 250 Å². The lowest BCUT2D eigenvalue weighted by atomic mass is 9.98. The molecule has 12 heteroatoms. The van der Waals surface area contributed by atoms with E-state index in [2.05, 4.69) is 106 Å². The minimum absolute atomic E-state index is 0.0391. The van der Waals surface area contributed by atoms with Gasteiger partial charge in [-0.25, -0.2) is 4.79 Å². The Bertz CT molecular complexity index is 1640. The fourth-order valence-electron chi connectivity index (χ4n) is 7.80. The van der Waals surface area contributed by atoms with Gasteiger partial charge in [-0.1, -0.05) is 189 Å². The van der Waals surface area contributed by atoms with Gasteiger partial charge in [0.05, 0.1) is 6.61 Å². The summed E-state index contributed by atoms with van der Waals surface area (Å²) in [6.07, 6.45) is 51.1. The van der Waals surface area contributed by atoms with Crippen LogP contribution in [0.5, 0.6) is 0 Å². The number of carbonyl (C=O) groups excluding carboxylic acids is 3. The summed E-state index contributed by atoms with van der Waals surface area (Å²) in [6, 6.07) is 0. The first-order chi connectivity index (χ1) is 35.6. The van der Waals surface area contributed by atoms with Crippen molar-refractivity contribution < 1.29 is 58.2 Å². The van der Waals surface area contributed by atoms with Crippen LogP contribution in [0.25, 0.3) is 0 Å². The van der Waals surface area contributed by atoms with E-state index in [4.69, 9.17) is 23.7 Å². The Morgan fingerprint density at radius 1 is 0.466 bits per heavy atom. The molecule has 6 atom stereocenters. The molecule has 12 nitrogen and oxygen atoms in total. The second kappa shape index (κ2) is 48.6. The topological polar surface area (TPSA) is 175 Å². The highest BCUT2D eigenvalue weighted by Gasteiger charge is 2.50. The third kappa shape index (κ3) is 38.8. The normalized spacial score (nSPS) is 19.1. The molecule has 1 rings (SSSR count). The zero-order chi connectivity index (χ0) is 53.3. The van der Waals surface area contributed by atoms with Crippen molar-refractivity contribution in [1.82, 2.24) is 0 Å². The Hall–Kier alpha value is -4.36. The maximum absolute atomic E-state index is 13.1. The summed E-state index contributed by atoms with van der Waals surface area (Å²) in [6.45, 7) is 5.69. The van der Waals surface area contributed by atoms with Crippen molar-refractivity contribution in [2.75, 3.05) is 13.2 Å². The lowest BCUT2D eigenvalue weighted by Gasteiger charge is -2.40. The number of esters is 3. The molecule has 0 spiro atoms. The highest BCUT2D eigenvalue weighted by atomic mass is 16.7. The summed E-state index contributed by atoms with van der Waals surface area (Å²) in [4.78, 5) is 51.0. The second-order valence-corrected chi connectivity index (χ2v) is 18.8. The second-order valence-electron chi connectivity index (χ2n) is 18.8. The van der Waals surface area contributed by atoms with Crippen LogP contribution < -0.4 is 0 Å². The predicted molar refractivity (Wildman–Crippen MR) is 294 cm³/mol. The van der Waals surface area contributed by atoms with E-state index in [1.54, 1.807) is 0 Å². The number of carbonyl (C=O) groups is 4. The SMILES string of the molecule is CC/C=C\C/C=C\C/C=C\C/C=C\CCC(=O)OCC(COC1OC(C(=O)O)C(O)C(O)C1OC(=O)CCCCCCCCC/C=C\C/C=C\CCCCC)OC(=O)CCCCCCC/C=C\C/C=C\CCC. The number of allylic oxidation sites excluding steroid dienone is 16. The molecule has 3 N–H and O–H groups in total. The van der Waals surface area contributed by atoms with Gasteiger partial charge in [-0.3, -0.25) is 14.4 Å². The molecule has 6 unspecified atom stereocenters. The minimum Gasteiger partial charge on any atom is -0.479 e. The molecule has 1 heterocycles. The van der Waals surface area contributed by atoms with Crippen LogP contribution in [0.4, 0.5) is 0 Å². The average molecular weight is 1020 g/mol. The van der Waals surface area contributed by atoms with E-state index < -0.39 is 67.3 Å². The largest absolute Gasteiger partial charge is 0.479 e. The molecule has 0 bridgehead atoms. The number of aliphatic hydroxyl groups is 2. The van der Waals surface area contributed by atoms with E-state index in [0.717, 1.165) is 135 Å². The van der Waals surface area contributed by atoms with Gasteiger partial charge in [0, 0.05) is 19.3 Å². The Labute approximate surface area is 441 Å². The summed E-state index contributed by atoms with van der Waals surface area (Å²) >= 11 is 0. The summed E-state index contributed by atoms with van der Waals surface area (Å²) in [5, 5.41) is 31.4. The van der Waals surface area contributed by atoms with Gasteiger partial charge >= 0.3 is 23.9 Å². The maximum atomic E-state index is 13.1. The number of unbranched alkanes of at least 4 members (excludes halogenated alkanes) is 16. The zero-order valence-electron chi connectivity index (χ0n) is 45.3. The fraction of sp³-hybridized carbons (Fsp3) is 0.672. The van der Waals surface area contributed by atoms with Crippen LogP contribution in [0.1, 0.15) is 213 Å². The molecule has 0 aromatic heterocycles. The molecule has 0 amide bonds. The van der Waals surface area contributed by atoms with Crippen LogP contribution in [0.15, 0.2) is 97.2 Å². The summed E-state index contributed by atoms with van der Waals surface area (Å²) in [5.74, 6) is -3.27. The summed E-state index contributed by atoms with van der Waals surface area (Å²) in [7, 11) is 0. The van der Waals surface area contributed by atoms with Crippen molar-refractivity contribution in [3.05, 3.63) is 97.2 Å². The van der Waals surface area contributed by atoms with Crippen molar-refractivity contribution in [3.63, 3.8) is 0 Å². The minimum atomic E-state index is -1.92. The number of aliphatic carboxylic acids is 1. The van der Waals surface area contributed by atoms with Crippen molar-refractivity contribution in [2.24, 2.45) is 0 Å². The molecule has 73 heavy (non-hydrogen) atoms. The zero-order valence-corrected chi connectivity index (χ0v) is 45.3. The highest BCUT2D eigenvalue weighted by molar-refractivity contribution is 5.74. The third-order valence-electron chi connectivity index (χ3n) is 12.1. The molecule has 0 aliphatic carbocycles. The van der Waals surface area contributed by atoms with Crippen molar-refractivity contribution in [1.29, 1.82) is 0 Å². The van der Waals surface area contributed by atoms with Gasteiger partial charge in [0.2, 0.25) is 0 Å². The summed E-state index contributed by atoms with van der Waals surface area (Å²) < 4.78 is 28.3. The third-order valence-corrected chi connectivity index (χ3v) is 12.1. The number of ether oxygens (including phenoxy) is 5. The van der Waals surface area contributed by atoms with Crippen LogP contribution in [-0.4, -0.2) is 89.2 Å². The first-order valence-electron chi connectivity index (χ1n) is 28.2. The molecule has 414 valence electrons. The Balaban J connectivity index is 2.75. The number of rotatable bonds is 46. The van der Waals surface area contributed by atoms with E-state index >= 15 is 0 Å². The quantitative estimate of drug-likeness (QED) is 0.0228. The van der Waals surface area contributed by atoms with Crippen molar-refractivity contribution >= 4 is 23.9 Å². The first-order valence-corrected chi connectivity index (χ1v) is 28.2. The summed E-state index contributed by atoms with van der Waals surface area (Å²) in [5.41, 5.74) is 0. The molecule has 0 radical (unpaired) electrons. The number of hydrogen-bond acceptors (Lipinski definition) is 11.